The lowest BCUT2D eigenvalue weighted by molar-refractivity contribution is 0.0994. The zero-order valence-corrected chi connectivity index (χ0v) is 16.2. The van der Waals surface area contributed by atoms with Crippen LogP contribution in [0, 0.1) is 0 Å². The van der Waals surface area contributed by atoms with E-state index in [1.807, 2.05) is 30.5 Å². The molecule has 1 fully saturated rings. The first kappa shape index (κ1) is 17.3. The molecule has 5 nitrogen and oxygen atoms in total. The van der Waals surface area contributed by atoms with Gasteiger partial charge in [0, 0.05) is 11.6 Å². The molecule has 2 heterocycles. The maximum absolute atomic E-state index is 12.8. The molecule has 0 saturated heterocycles. The third-order valence-electron chi connectivity index (χ3n) is 4.34. The summed E-state index contributed by atoms with van der Waals surface area (Å²) in [6, 6.07) is 11.8. The van der Waals surface area contributed by atoms with Gasteiger partial charge in [-0.1, -0.05) is 17.8 Å². The fourth-order valence-electron chi connectivity index (χ4n) is 2.79. The van der Waals surface area contributed by atoms with Gasteiger partial charge in [-0.25, -0.2) is 0 Å². The second-order valence-electron chi connectivity index (χ2n) is 6.24. The average Bonchev–Trinajstić information content (AvgIpc) is 3.19. The van der Waals surface area contributed by atoms with Gasteiger partial charge in [0.1, 0.15) is 5.75 Å². The fourth-order valence-corrected chi connectivity index (χ4v) is 4.50. The molecule has 26 heavy (non-hydrogen) atoms. The van der Waals surface area contributed by atoms with Gasteiger partial charge in [0.2, 0.25) is 0 Å². The largest absolute Gasteiger partial charge is 0.497 e. The molecule has 1 aromatic carbocycles. The van der Waals surface area contributed by atoms with Crippen molar-refractivity contribution in [1.29, 1.82) is 0 Å². The number of nitrogens with zero attached hydrogens (tertiary/aromatic N) is 3. The van der Waals surface area contributed by atoms with Crippen molar-refractivity contribution in [2.75, 3.05) is 7.11 Å². The number of carbonyl (C=O) groups excluding carboxylic acids is 1. The predicted molar refractivity (Wildman–Crippen MR) is 104 cm³/mol. The third-order valence-corrected chi connectivity index (χ3v) is 6.27. The highest BCUT2D eigenvalue weighted by Gasteiger charge is 2.31. The number of ether oxygens (including phenoxy) is 1. The van der Waals surface area contributed by atoms with Crippen LogP contribution in [0.3, 0.4) is 0 Å². The van der Waals surface area contributed by atoms with Gasteiger partial charge in [0.05, 0.1) is 17.2 Å². The lowest BCUT2D eigenvalue weighted by atomic mass is 10.1. The number of benzene rings is 1. The molecule has 0 N–H and O–H groups in total. The van der Waals surface area contributed by atoms with Crippen LogP contribution >= 0.6 is 23.1 Å². The normalized spacial score (nSPS) is 15.0. The van der Waals surface area contributed by atoms with Crippen LogP contribution in [0.25, 0.3) is 10.7 Å². The van der Waals surface area contributed by atoms with Crippen molar-refractivity contribution >= 4 is 28.9 Å². The van der Waals surface area contributed by atoms with Crippen molar-refractivity contribution in [3.05, 3.63) is 47.3 Å². The van der Waals surface area contributed by atoms with Gasteiger partial charge >= 0.3 is 0 Å². The van der Waals surface area contributed by atoms with Gasteiger partial charge in [0.15, 0.2) is 16.8 Å². The molecular weight excluding hydrogens is 366 g/mol. The molecule has 3 aromatic rings. The lowest BCUT2D eigenvalue weighted by Gasteiger charge is -2.12. The number of Topliss-reactive ketones (excluding diaryl/α,β-unsaturated/α-hetero) is 1. The van der Waals surface area contributed by atoms with E-state index in [2.05, 4.69) is 20.8 Å². The molecule has 0 amide bonds. The van der Waals surface area contributed by atoms with Crippen molar-refractivity contribution < 1.29 is 9.53 Å². The molecule has 0 bridgehead atoms. The van der Waals surface area contributed by atoms with E-state index in [1.54, 1.807) is 30.6 Å². The maximum atomic E-state index is 12.8. The first-order chi connectivity index (χ1) is 12.7. The molecule has 0 radical (unpaired) electrons. The molecule has 1 atom stereocenters. The summed E-state index contributed by atoms with van der Waals surface area (Å²) in [6.45, 7) is 1.92. The van der Waals surface area contributed by atoms with E-state index >= 15 is 0 Å². The Kier molecular flexibility index (Phi) is 4.82. The molecule has 0 unspecified atom stereocenters. The number of methoxy groups -OCH3 is 1. The minimum Gasteiger partial charge on any atom is -0.497 e. The van der Waals surface area contributed by atoms with Crippen LogP contribution in [0.4, 0.5) is 0 Å². The molecule has 1 aliphatic rings. The van der Waals surface area contributed by atoms with Crippen LogP contribution in [0.2, 0.25) is 0 Å². The highest BCUT2D eigenvalue weighted by atomic mass is 32.2. The molecule has 1 saturated carbocycles. The van der Waals surface area contributed by atoms with Crippen molar-refractivity contribution in [1.82, 2.24) is 14.8 Å². The smallest absolute Gasteiger partial charge is 0.192 e. The molecule has 2 aromatic heterocycles. The van der Waals surface area contributed by atoms with Gasteiger partial charge in [-0.15, -0.1) is 21.5 Å². The third kappa shape index (κ3) is 3.41. The quantitative estimate of drug-likeness (QED) is 0.435. The summed E-state index contributed by atoms with van der Waals surface area (Å²) in [5.74, 6) is 1.74. The topological polar surface area (TPSA) is 57.0 Å². The Morgan fingerprint density at radius 1 is 1.27 bits per heavy atom. The number of hydrogen-bond donors (Lipinski definition) is 0. The Labute approximate surface area is 160 Å². The summed E-state index contributed by atoms with van der Waals surface area (Å²) in [4.78, 5) is 13.9. The molecule has 0 spiro atoms. The molecule has 134 valence electrons. The highest BCUT2D eigenvalue weighted by Crippen LogP contribution is 2.42. The Hall–Kier alpha value is -2.12. The summed E-state index contributed by atoms with van der Waals surface area (Å²) in [6.07, 6.45) is 2.29. The fraction of sp³-hybridized carbons (Fsp3) is 0.316. The van der Waals surface area contributed by atoms with Crippen LogP contribution in [0.15, 0.2) is 46.9 Å². The van der Waals surface area contributed by atoms with E-state index < -0.39 is 0 Å². The zero-order valence-electron chi connectivity index (χ0n) is 14.6. The van der Waals surface area contributed by atoms with Crippen LogP contribution in [0.5, 0.6) is 5.75 Å². The number of thiophene rings is 1. The lowest BCUT2D eigenvalue weighted by Crippen LogP contribution is -2.14. The van der Waals surface area contributed by atoms with E-state index in [9.17, 15) is 4.79 Å². The second kappa shape index (κ2) is 7.25. The van der Waals surface area contributed by atoms with Crippen LogP contribution in [0.1, 0.15) is 36.2 Å². The number of carbonyl (C=O) groups is 1. The Bertz CT molecular complexity index is 900. The monoisotopic (exact) mass is 385 g/mol. The molecule has 0 aliphatic heterocycles. The molecule has 1 aliphatic carbocycles. The minimum absolute atomic E-state index is 0.0840. The molecular formula is C19H19N3O2S2. The standard InChI is InChI=1S/C19H19N3O2S2/c1-12(17(23)13-5-9-15(24-2)10-6-13)26-19-21-20-18(16-4-3-11-25-16)22(19)14-7-8-14/h3-6,9-12,14H,7-8H2,1-2H3/t12-/m0/s1. The Morgan fingerprint density at radius 3 is 2.65 bits per heavy atom. The highest BCUT2D eigenvalue weighted by molar-refractivity contribution is 8.00. The first-order valence-corrected chi connectivity index (χ1v) is 10.3. The molecule has 7 heteroatoms. The van der Waals surface area contributed by atoms with E-state index in [4.69, 9.17) is 4.74 Å². The van der Waals surface area contributed by atoms with Gasteiger partial charge in [-0.3, -0.25) is 9.36 Å². The number of thioether (sulfide) groups is 1. The van der Waals surface area contributed by atoms with Crippen molar-refractivity contribution in [3.63, 3.8) is 0 Å². The van der Waals surface area contributed by atoms with E-state index in [0.29, 0.717) is 11.6 Å². The van der Waals surface area contributed by atoms with Gasteiger partial charge in [-0.05, 0) is 55.5 Å². The summed E-state index contributed by atoms with van der Waals surface area (Å²) in [5, 5.41) is 11.4. The van der Waals surface area contributed by atoms with Crippen LogP contribution in [-0.2, 0) is 0 Å². The average molecular weight is 386 g/mol. The van der Waals surface area contributed by atoms with E-state index in [0.717, 1.165) is 34.4 Å². The van der Waals surface area contributed by atoms with Crippen molar-refractivity contribution in [2.24, 2.45) is 0 Å². The van der Waals surface area contributed by atoms with E-state index in [1.165, 1.54) is 11.8 Å². The number of aromatic nitrogens is 3. The predicted octanol–water partition coefficient (Wildman–Crippen LogP) is 4.71. The van der Waals surface area contributed by atoms with Gasteiger partial charge < -0.3 is 4.74 Å². The van der Waals surface area contributed by atoms with Crippen molar-refractivity contribution in [3.8, 4) is 16.5 Å². The SMILES string of the molecule is COc1ccc(C(=O)[C@H](C)Sc2nnc(-c3cccs3)n2C2CC2)cc1. The molecule has 4 rings (SSSR count). The van der Waals surface area contributed by atoms with Gasteiger partial charge in [-0.2, -0.15) is 0 Å². The summed E-state index contributed by atoms with van der Waals surface area (Å²) < 4.78 is 7.36. The maximum Gasteiger partial charge on any atom is 0.192 e. The summed E-state index contributed by atoms with van der Waals surface area (Å²) >= 11 is 3.15. The summed E-state index contributed by atoms with van der Waals surface area (Å²) in [5.41, 5.74) is 0.682. The number of rotatable bonds is 7. The van der Waals surface area contributed by atoms with Gasteiger partial charge in [0.25, 0.3) is 0 Å². The Morgan fingerprint density at radius 2 is 2.04 bits per heavy atom. The number of hydrogen-bond acceptors (Lipinski definition) is 6. The first-order valence-electron chi connectivity index (χ1n) is 8.51. The van der Waals surface area contributed by atoms with Crippen LogP contribution < -0.4 is 4.74 Å². The van der Waals surface area contributed by atoms with E-state index in [-0.39, 0.29) is 11.0 Å². The Balaban J connectivity index is 1.55. The number of ketones is 1. The zero-order chi connectivity index (χ0) is 18.1. The van der Waals surface area contributed by atoms with Crippen molar-refractivity contribution in [2.45, 2.75) is 36.2 Å². The minimum atomic E-state index is -0.235. The second-order valence-corrected chi connectivity index (χ2v) is 8.49. The van der Waals surface area contributed by atoms with Crippen LogP contribution in [-0.4, -0.2) is 32.9 Å². The summed E-state index contributed by atoms with van der Waals surface area (Å²) in [7, 11) is 1.62.